The molecule has 3 fully saturated rings. The fourth-order valence-corrected chi connectivity index (χ4v) is 6.20. The molecular formula is C8H10O2S2. The monoisotopic (exact) mass is 202 g/mol. The molecule has 0 aromatic heterocycles. The molecule has 3 rings (SSSR count). The van der Waals surface area contributed by atoms with Gasteiger partial charge in [0.15, 0.2) is 5.78 Å². The predicted molar refractivity (Wildman–Crippen MR) is 51.3 cm³/mol. The summed E-state index contributed by atoms with van der Waals surface area (Å²) < 4.78 is 10.7. The number of carbonyl (C=O) groups excluding carboxylic acids is 1. The van der Waals surface area contributed by atoms with Crippen LogP contribution in [0.15, 0.2) is 12.2 Å². The minimum absolute atomic E-state index is 0.0690. The average molecular weight is 202 g/mol. The van der Waals surface area contributed by atoms with Crippen molar-refractivity contribution in [3.8, 4) is 0 Å². The van der Waals surface area contributed by atoms with Crippen LogP contribution < -0.4 is 0 Å². The van der Waals surface area contributed by atoms with Crippen LogP contribution in [0.1, 0.15) is 20.3 Å². The van der Waals surface area contributed by atoms with Gasteiger partial charge in [-0.3, -0.25) is 9.00 Å². The van der Waals surface area contributed by atoms with Crippen LogP contribution in [0.5, 0.6) is 0 Å². The van der Waals surface area contributed by atoms with E-state index in [2.05, 4.69) is 6.58 Å². The highest BCUT2D eigenvalue weighted by Gasteiger charge is 2.66. The Morgan fingerprint density at radius 3 is 2.58 bits per heavy atom. The predicted octanol–water partition coefficient (Wildman–Crippen LogP) is 1.44. The van der Waals surface area contributed by atoms with Crippen molar-refractivity contribution in [2.45, 2.75) is 28.4 Å². The number of hydrogen-bond acceptors (Lipinski definition) is 3. The lowest BCUT2D eigenvalue weighted by atomic mass is 10.0. The third-order valence-electron chi connectivity index (χ3n) is 2.62. The van der Waals surface area contributed by atoms with Crippen LogP contribution in [-0.2, 0) is 15.6 Å². The molecule has 66 valence electrons. The van der Waals surface area contributed by atoms with Gasteiger partial charge in [-0.05, 0) is 19.4 Å². The van der Waals surface area contributed by atoms with Gasteiger partial charge in [-0.1, -0.05) is 6.58 Å². The molecule has 0 aromatic carbocycles. The molecule has 3 heterocycles. The van der Waals surface area contributed by atoms with Crippen LogP contribution in [0.4, 0.5) is 0 Å². The number of rotatable bonds is 0. The summed E-state index contributed by atoms with van der Waals surface area (Å²) in [6, 6.07) is 0. The number of hydrogen-bond donors (Lipinski definition) is 0. The number of carbonyl (C=O) groups is 1. The molecule has 0 spiro atoms. The minimum atomic E-state index is -1.07. The van der Waals surface area contributed by atoms with E-state index < -0.39 is 14.9 Å². The zero-order chi connectivity index (χ0) is 9.15. The van der Waals surface area contributed by atoms with Gasteiger partial charge in [0, 0.05) is 6.42 Å². The van der Waals surface area contributed by atoms with E-state index >= 15 is 0 Å². The molecule has 2 nitrogen and oxygen atoms in total. The van der Waals surface area contributed by atoms with Crippen LogP contribution in [0.25, 0.3) is 0 Å². The van der Waals surface area contributed by atoms with Gasteiger partial charge >= 0.3 is 0 Å². The first kappa shape index (κ1) is 8.51. The SMILES string of the molecule is C=C1CC(=O)[C@]2(C)S[C@@]1(C)S2=O. The third kappa shape index (κ3) is 0.684. The minimum Gasteiger partial charge on any atom is -0.297 e. The van der Waals surface area contributed by atoms with Crippen LogP contribution in [0.2, 0.25) is 0 Å². The first-order valence-corrected chi connectivity index (χ1v) is 5.71. The molecule has 0 aromatic rings. The van der Waals surface area contributed by atoms with Gasteiger partial charge in [-0.15, -0.1) is 11.8 Å². The summed E-state index contributed by atoms with van der Waals surface area (Å²) in [5.74, 6) is 0.0690. The Kier molecular flexibility index (Phi) is 1.45. The summed E-state index contributed by atoms with van der Waals surface area (Å²) in [5, 5.41) is 0. The standard InChI is InChI=1S/C8H10O2S2/c1-5-4-6(9)8(3)11-7(5,2)12(8)10/h1,4H2,2-3H3/t7-,8+,12?/m0/s1. The van der Waals surface area contributed by atoms with Crippen molar-refractivity contribution in [2.75, 3.05) is 0 Å². The Balaban J connectivity index is 2.48. The van der Waals surface area contributed by atoms with Gasteiger partial charge in [-0.25, -0.2) is 0 Å². The fraction of sp³-hybridized carbons (Fsp3) is 0.625. The molecule has 0 aliphatic carbocycles. The molecule has 4 heteroatoms. The van der Waals surface area contributed by atoms with Crippen LogP contribution in [-0.4, -0.2) is 18.2 Å². The topological polar surface area (TPSA) is 34.1 Å². The van der Waals surface area contributed by atoms with Crippen molar-refractivity contribution in [3.05, 3.63) is 12.2 Å². The van der Waals surface area contributed by atoms with Gasteiger partial charge in [0.2, 0.25) is 0 Å². The van der Waals surface area contributed by atoms with Crippen molar-refractivity contribution < 1.29 is 9.00 Å². The number of fused-ring (bicyclic) bond motifs is 2. The van der Waals surface area contributed by atoms with Crippen LogP contribution in [0.3, 0.4) is 0 Å². The zero-order valence-corrected chi connectivity index (χ0v) is 8.68. The molecule has 3 aliphatic rings. The van der Waals surface area contributed by atoms with Crippen LogP contribution >= 0.6 is 11.8 Å². The van der Waals surface area contributed by atoms with E-state index in [-0.39, 0.29) is 9.86 Å². The van der Waals surface area contributed by atoms with E-state index in [0.717, 1.165) is 5.57 Å². The average Bonchev–Trinajstić information content (AvgIpc) is 2.00. The van der Waals surface area contributed by atoms with E-state index in [1.807, 2.05) is 6.92 Å². The summed E-state index contributed by atoms with van der Waals surface area (Å²) in [4.78, 5) is 11.4. The Hall–Kier alpha value is -0.0900. The quantitative estimate of drug-likeness (QED) is 0.557. The van der Waals surface area contributed by atoms with E-state index in [1.165, 1.54) is 11.8 Å². The van der Waals surface area contributed by atoms with Gasteiger partial charge < -0.3 is 0 Å². The van der Waals surface area contributed by atoms with Gasteiger partial charge in [0.1, 0.15) is 8.16 Å². The summed E-state index contributed by atoms with van der Waals surface area (Å²) in [6.45, 7) is 7.48. The lowest BCUT2D eigenvalue weighted by Crippen LogP contribution is -2.62. The highest BCUT2D eigenvalue weighted by molar-refractivity contribution is 8.30. The molecule has 2 bridgehead atoms. The highest BCUT2D eigenvalue weighted by Crippen LogP contribution is 2.63. The van der Waals surface area contributed by atoms with Crippen molar-refractivity contribution >= 4 is 28.3 Å². The van der Waals surface area contributed by atoms with Crippen molar-refractivity contribution in [1.29, 1.82) is 0 Å². The lowest BCUT2D eigenvalue weighted by Gasteiger charge is -2.54. The number of Topliss-reactive ketones (excluding diaryl/α,β-unsaturated/α-hetero) is 1. The Bertz CT molecular complexity index is 295. The second kappa shape index (κ2) is 2.04. The molecule has 0 radical (unpaired) electrons. The van der Waals surface area contributed by atoms with Gasteiger partial charge in [-0.2, -0.15) is 0 Å². The summed E-state index contributed by atoms with van der Waals surface area (Å²) in [6.07, 6.45) is 0.408. The summed E-state index contributed by atoms with van der Waals surface area (Å²) in [5.41, 5.74) is 0.819. The van der Waals surface area contributed by atoms with Gasteiger partial charge in [0.05, 0.1) is 10.8 Å². The molecular weight excluding hydrogens is 192 g/mol. The molecule has 12 heavy (non-hydrogen) atoms. The first-order chi connectivity index (χ1) is 5.41. The smallest absolute Gasteiger partial charge is 0.165 e. The maximum absolute atomic E-state index is 11.7. The Labute approximate surface area is 78.3 Å². The van der Waals surface area contributed by atoms with Gasteiger partial charge in [0.25, 0.3) is 0 Å². The second-order valence-corrected chi connectivity index (χ2v) is 7.99. The molecule has 1 unspecified atom stereocenters. The van der Waals surface area contributed by atoms with Crippen LogP contribution in [0, 0.1) is 0 Å². The molecule has 3 atom stereocenters. The van der Waals surface area contributed by atoms with Crippen molar-refractivity contribution in [2.24, 2.45) is 0 Å². The molecule has 3 saturated heterocycles. The lowest BCUT2D eigenvalue weighted by molar-refractivity contribution is -0.119. The van der Waals surface area contributed by atoms with E-state index in [1.54, 1.807) is 6.92 Å². The van der Waals surface area contributed by atoms with E-state index in [0.29, 0.717) is 6.42 Å². The summed E-state index contributed by atoms with van der Waals surface area (Å²) in [7, 11) is -1.07. The maximum Gasteiger partial charge on any atom is 0.165 e. The largest absolute Gasteiger partial charge is 0.297 e. The maximum atomic E-state index is 11.7. The first-order valence-electron chi connectivity index (χ1n) is 3.75. The highest BCUT2D eigenvalue weighted by atomic mass is 32.3. The fourth-order valence-electron chi connectivity index (χ4n) is 1.66. The molecule has 0 saturated carbocycles. The van der Waals surface area contributed by atoms with E-state index in [9.17, 15) is 9.00 Å². The third-order valence-corrected chi connectivity index (χ3v) is 7.25. The number of thioether (sulfide) groups is 1. The van der Waals surface area contributed by atoms with Crippen molar-refractivity contribution in [3.63, 3.8) is 0 Å². The molecule has 0 amide bonds. The Morgan fingerprint density at radius 1 is 1.50 bits per heavy atom. The molecule has 0 N–H and O–H groups in total. The Morgan fingerprint density at radius 2 is 2.08 bits per heavy atom. The number of ketones is 1. The molecule has 3 aliphatic heterocycles. The normalized spacial score (nSPS) is 52.0. The second-order valence-electron chi connectivity index (χ2n) is 3.47. The zero-order valence-electron chi connectivity index (χ0n) is 7.05. The van der Waals surface area contributed by atoms with E-state index in [4.69, 9.17) is 0 Å². The van der Waals surface area contributed by atoms with Crippen molar-refractivity contribution in [1.82, 2.24) is 0 Å². The summed E-state index contributed by atoms with van der Waals surface area (Å²) >= 11 is 1.49.